The lowest BCUT2D eigenvalue weighted by molar-refractivity contribution is -0.131. The molecule has 0 saturated carbocycles. The molecule has 0 aliphatic carbocycles. The lowest BCUT2D eigenvalue weighted by atomic mass is 9.92. The maximum atomic E-state index is 12.9. The van der Waals surface area contributed by atoms with Crippen LogP contribution in [-0.2, 0) is 10.3 Å². The van der Waals surface area contributed by atoms with Crippen molar-refractivity contribution < 1.29 is 23.8 Å². The maximum absolute atomic E-state index is 12.9. The van der Waals surface area contributed by atoms with E-state index in [4.69, 9.17) is 14.2 Å². The molecule has 0 unspecified atom stereocenters. The zero-order chi connectivity index (χ0) is 20.3. The van der Waals surface area contributed by atoms with Gasteiger partial charge in [0.05, 0.1) is 27.5 Å². The maximum Gasteiger partial charge on any atom is 0.346 e. The number of hydrogen-bond donors (Lipinski definition) is 1. The second kappa shape index (κ2) is 7.59. The van der Waals surface area contributed by atoms with Gasteiger partial charge in [0.1, 0.15) is 11.3 Å². The highest BCUT2D eigenvalue weighted by molar-refractivity contribution is 6.07. The molecule has 1 heterocycles. The number of nitrogens with zero attached hydrogens (tertiary/aromatic N) is 2. The van der Waals surface area contributed by atoms with E-state index in [0.29, 0.717) is 28.4 Å². The van der Waals surface area contributed by atoms with Crippen LogP contribution in [0.15, 0.2) is 47.6 Å². The van der Waals surface area contributed by atoms with Crippen molar-refractivity contribution in [1.29, 1.82) is 0 Å². The van der Waals surface area contributed by atoms with Gasteiger partial charge in [-0.3, -0.25) is 4.79 Å². The molecule has 3 rings (SSSR count). The molecule has 28 heavy (non-hydrogen) atoms. The van der Waals surface area contributed by atoms with Gasteiger partial charge in [-0.15, -0.1) is 5.01 Å². The first kappa shape index (κ1) is 19.2. The van der Waals surface area contributed by atoms with E-state index in [0.717, 1.165) is 5.01 Å². The first-order valence-electron chi connectivity index (χ1n) is 8.50. The van der Waals surface area contributed by atoms with Gasteiger partial charge in [0, 0.05) is 0 Å². The summed E-state index contributed by atoms with van der Waals surface area (Å²) in [4.78, 5) is 25.2. The molecule has 146 valence electrons. The molecule has 2 aromatic rings. The van der Waals surface area contributed by atoms with Crippen molar-refractivity contribution in [1.82, 2.24) is 10.3 Å². The van der Waals surface area contributed by atoms with Gasteiger partial charge in [0.2, 0.25) is 0 Å². The minimum atomic E-state index is -1.21. The van der Waals surface area contributed by atoms with Gasteiger partial charge in [0.15, 0.2) is 11.5 Å². The van der Waals surface area contributed by atoms with Gasteiger partial charge in [-0.2, -0.15) is 5.10 Å². The molecule has 0 aromatic heterocycles. The van der Waals surface area contributed by atoms with E-state index in [-0.39, 0.29) is 0 Å². The number of carbonyl (C=O) groups excluding carboxylic acids is 2. The van der Waals surface area contributed by atoms with Gasteiger partial charge < -0.3 is 19.5 Å². The summed E-state index contributed by atoms with van der Waals surface area (Å²) in [6.07, 6.45) is 1.42. The van der Waals surface area contributed by atoms with Crippen LogP contribution in [0.3, 0.4) is 0 Å². The fourth-order valence-corrected chi connectivity index (χ4v) is 2.91. The molecule has 8 heteroatoms. The van der Waals surface area contributed by atoms with E-state index in [1.54, 1.807) is 63.6 Å². The number of imide groups is 1. The topological polar surface area (TPSA) is 89.5 Å². The van der Waals surface area contributed by atoms with Gasteiger partial charge in [-0.1, -0.05) is 12.1 Å². The van der Waals surface area contributed by atoms with E-state index in [1.807, 2.05) is 0 Å². The molecule has 3 amide bonds. The predicted octanol–water partition coefficient (Wildman–Crippen LogP) is 2.51. The van der Waals surface area contributed by atoms with Crippen molar-refractivity contribution in [3.63, 3.8) is 0 Å². The predicted molar refractivity (Wildman–Crippen MR) is 103 cm³/mol. The van der Waals surface area contributed by atoms with Crippen LogP contribution in [0.2, 0.25) is 0 Å². The number of hydrogen-bond acceptors (Lipinski definition) is 6. The standard InChI is InChI=1S/C20H21N3O5/c1-20(14-6-8-15(26-2)9-7-14)18(24)23(19(25)22-20)21-12-13-5-10-16(27-3)17(11-13)28-4/h5-12H,1-4H3,(H,22,25)/b21-12-/t20-/m1/s1. The Morgan fingerprint density at radius 3 is 2.25 bits per heavy atom. The van der Waals surface area contributed by atoms with E-state index >= 15 is 0 Å². The Morgan fingerprint density at radius 1 is 0.964 bits per heavy atom. The Morgan fingerprint density at radius 2 is 1.64 bits per heavy atom. The van der Waals surface area contributed by atoms with Crippen LogP contribution in [-0.4, -0.2) is 44.5 Å². The SMILES string of the molecule is COc1ccc([C@@]2(C)NC(=O)N(/N=C\c3ccc(OC)c(OC)c3)C2=O)cc1. The summed E-state index contributed by atoms with van der Waals surface area (Å²) < 4.78 is 15.6. The third kappa shape index (κ3) is 3.36. The van der Waals surface area contributed by atoms with Crippen LogP contribution in [0.1, 0.15) is 18.1 Å². The first-order valence-corrected chi connectivity index (χ1v) is 8.50. The smallest absolute Gasteiger partial charge is 0.346 e. The van der Waals surface area contributed by atoms with Crippen LogP contribution < -0.4 is 19.5 Å². The van der Waals surface area contributed by atoms with Crippen molar-refractivity contribution in [3.05, 3.63) is 53.6 Å². The van der Waals surface area contributed by atoms with E-state index in [1.165, 1.54) is 13.3 Å². The Hall–Kier alpha value is -3.55. The largest absolute Gasteiger partial charge is 0.497 e. The Balaban J connectivity index is 1.84. The van der Waals surface area contributed by atoms with Crippen LogP contribution in [0.4, 0.5) is 4.79 Å². The van der Waals surface area contributed by atoms with Gasteiger partial charge >= 0.3 is 6.03 Å². The summed E-state index contributed by atoms with van der Waals surface area (Å²) in [6.45, 7) is 1.64. The molecule has 0 bridgehead atoms. The summed E-state index contributed by atoms with van der Waals surface area (Å²) >= 11 is 0. The molecule has 1 aliphatic rings. The number of amides is 3. The highest BCUT2D eigenvalue weighted by Gasteiger charge is 2.49. The molecule has 1 saturated heterocycles. The molecular weight excluding hydrogens is 362 g/mol. The van der Waals surface area contributed by atoms with Crippen molar-refractivity contribution in [2.45, 2.75) is 12.5 Å². The third-order valence-corrected chi connectivity index (χ3v) is 4.57. The molecule has 1 aliphatic heterocycles. The molecule has 2 aromatic carbocycles. The average Bonchev–Trinajstić information content (AvgIpc) is 2.95. The Kier molecular flexibility index (Phi) is 5.21. The van der Waals surface area contributed by atoms with E-state index in [9.17, 15) is 9.59 Å². The molecule has 1 atom stereocenters. The minimum Gasteiger partial charge on any atom is -0.497 e. The fourth-order valence-electron chi connectivity index (χ4n) is 2.91. The first-order chi connectivity index (χ1) is 13.4. The Bertz CT molecular complexity index is 926. The number of nitrogens with one attached hydrogen (secondary N) is 1. The van der Waals surface area contributed by atoms with Gasteiger partial charge in [-0.05, 0) is 48.4 Å². The zero-order valence-corrected chi connectivity index (χ0v) is 16.1. The molecule has 0 spiro atoms. The molecule has 0 radical (unpaired) electrons. The molecule has 8 nitrogen and oxygen atoms in total. The summed E-state index contributed by atoms with van der Waals surface area (Å²) in [5.41, 5.74) is 0.0740. The van der Waals surface area contributed by atoms with Gasteiger partial charge in [0.25, 0.3) is 5.91 Å². The summed E-state index contributed by atoms with van der Waals surface area (Å²) in [7, 11) is 4.62. The highest BCUT2D eigenvalue weighted by atomic mass is 16.5. The summed E-state index contributed by atoms with van der Waals surface area (Å²) in [6, 6.07) is 11.5. The highest BCUT2D eigenvalue weighted by Crippen LogP contribution is 2.30. The number of rotatable bonds is 6. The lowest BCUT2D eigenvalue weighted by Gasteiger charge is -2.21. The number of carbonyl (C=O) groups is 2. The molecule has 1 fully saturated rings. The second-order valence-electron chi connectivity index (χ2n) is 6.26. The summed E-state index contributed by atoms with van der Waals surface area (Å²) in [5, 5.41) is 7.59. The number of benzene rings is 2. The molecule has 1 N–H and O–H groups in total. The van der Waals surface area contributed by atoms with E-state index in [2.05, 4.69) is 10.4 Å². The van der Waals surface area contributed by atoms with Crippen LogP contribution >= 0.6 is 0 Å². The average molecular weight is 383 g/mol. The summed E-state index contributed by atoms with van der Waals surface area (Å²) in [5.74, 6) is 1.28. The third-order valence-electron chi connectivity index (χ3n) is 4.57. The van der Waals surface area contributed by atoms with Crippen molar-refractivity contribution in [2.24, 2.45) is 5.10 Å². The van der Waals surface area contributed by atoms with Crippen LogP contribution in [0.5, 0.6) is 17.2 Å². The van der Waals surface area contributed by atoms with Crippen molar-refractivity contribution in [2.75, 3.05) is 21.3 Å². The van der Waals surface area contributed by atoms with E-state index < -0.39 is 17.5 Å². The van der Waals surface area contributed by atoms with Crippen LogP contribution in [0, 0.1) is 0 Å². The second-order valence-corrected chi connectivity index (χ2v) is 6.26. The molecular formula is C20H21N3O5. The van der Waals surface area contributed by atoms with Gasteiger partial charge in [-0.25, -0.2) is 4.79 Å². The minimum absolute atomic E-state index is 0.473. The monoisotopic (exact) mass is 383 g/mol. The fraction of sp³-hybridized carbons (Fsp3) is 0.250. The quantitative estimate of drug-likeness (QED) is 0.612. The number of ether oxygens (including phenoxy) is 3. The van der Waals surface area contributed by atoms with Crippen molar-refractivity contribution in [3.8, 4) is 17.2 Å². The number of urea groups is 1. The van der Waals surface area contributed by atoms with Crippen LogP contribution in [0.25, 0.3) is 0 Å². The lowest BCUT2D eigenvalue weighted by Crippen LogP contribution is -2.40. The number of hydrazone groups is 1. The Labute approximate surface area is 162 Å². The number of methoxy groups -OCH3 is 3. The van der Waals surface area contributed by atoms with Crippen molar-refractivity contribution >= 4 is 18.2 Å². The zero-order valence-electron chi connectivity index (χ0n) is 16.1. The normalized spacial score (nSPS) is 19.1.